The van der Waals surface area contributed by atoms with E-state index in [0.717, 1.165) is 0 Å². The standard InChI is InChI=1S/C16H20FN3O3S/c1-16(2,3)22-15(21)18-12(9-24-4)14-19-13(20-23-14)10-6-5-7-11(17)8-10/h5-8,12H,9H2,1-4H3,(H,18,21). The van der Waals surface area contributed by atoms with Gasteiger partial charge in [0, 0.05) is 11.3 Å². The third kappa shape index (κ3) is 5.23. The fourth-order valence-electron chi connectivity index (χ4n) is 1.91. The number of carbonyl (C=O) groups is 1. The van der Waals surface area contributed by atoms with Crippen LogP contribution < -0.4 is 5.32 Å². The molecular formula is C16H20FN3O3S. The Kier molecular flexibility index (Phi) is 5.82. The van der Waals surface area contributed by atoms with Gasteiger partial charge < -0.3 is 14.6 Å². The van der Waals surface area contributed by atoms with Crippen LogP contribution >= 0.6 is 11.8 Å². The summed E-state index contributed by atoms with van der Waals surface area (Å²) in [6.45, 7) is 5.35. The summed E-state index contributed by atoms with van der Waals surface area (Å²) in [5.74, 6) is 0.659. The van der Waals surface area contributed by atoms with E-state index in [1.165, 1.54) is 23.9 Å². The summed E-state index contributed by atoms with van der Waals surface area (Å²) in [7, 11) is 0. The van der Waals surface area contributed by atoms with Crippen LogP contribution in [0, 0.1) is 5.82 Å². The van der Waals surface area contributed by atoms with Crippen LogP contribution in [0.1, 0.15) is 32.7 Å². The second kappa shape index (κ2) is 7.65. The number of nitrogens with one attached hydrogen (secondary N) is 1. The van der Waals surface area contributed by atoms with Crippen LogP contribution in [0.4, 0.5) is 9.18 Å². The molecule has 1 unspecified atom stereocenters. The van der Waals surface area contributed by atoms with Crippen LogP contribution in [-0.4, -0.2) is 33.8 Å². The zero-order valence-electron chi connectivity index (χ0n) is 14.0. The molecule has 1 aromatic heterocycles. The minimum absolute atomic E-state index is 0.245. The number of alkyl carbamates (subject to hydrolysis) is 1. The van der Waals surface area contributed by atoms with E-state index in [0.29, 0.717) is 11.3 Å². The van der Waals surface area contributed by atoms with Gasteiger partial charge in [-0.2, -0.15) is 16.7 Å². The van der Waals surface area contributed by atoms with Crippen LogP contribution in [0.15, 0.2) is 28.8 Å². The molecular weight excluding hydrogens is 333 g/mol. The van der Waals surface area contributed by atoms with Crippen molar-refractivity contribution in [2.45, 2.75) is 32.4 Å². The van der Waals surface area contributed by atoms with Crippen molar-refractivity contribution in [2.24, 2.45) is 0 Å². The minimum atomic E-state index is -0.602. The Hall–Kier alpha value is -2.09. The summed E-state index contributed by atoms with van der Waals surface area (Å²) in [6.07, 6.45) is 1.33. The summed E-state index contributed by atoms with van der Waals surface area (Å²) in [5.41, 5.74) is -0.0968. The molecule has 130 valence electrons. The smallest absolute Gasteiger partial charge is 0.408 e. The lowest BCUT2D eigenvalue weighted by molar-refractivity contribution is 0.0500. The molecule has 1 aromatic carbocycles. The lowest BCUT2D eigenvalue weighted by atomic mass is 10.2. The van der Waals surface area contributed by atoms with Crippen molar-refractivity contribution in [2.75, 3.05) is 12.0 Å². The highest BCUT2D eigenvalue weighted by molar-refractivity contribution is 7.98. The van der Waals surface area contributed by atoms with Gasteiger partial charge in [-0.1, -0.05) is 17.3 Å². The molecule has 0 radical (unpaired) electrons. The highest BCUT2D eigenvalue weighted by atomic mass is 32.2. The maximum absolute atomic E-state index is 13.3. The lowest BCUT2D eigenvalue weighted by Crippen LogP contribution is -2.36. The van der Waals surface area contributed by atoms with Gasteiger partial charge in [0.15, 0.2) is 0 Å². The quantitative estimate of drug-likeness (QED) is 0.881. The van der Waals surface area contributed by atoms with Gasteiger partial charge in [0.05, 0.1) is 0 Å². The molecule has 0 saturated heterocycles. The average Bonchev–Trinajstić information content (AvgIpc) is 2.94. The molecule has 6 nitrogen and oxygen atoms in total. The van der Waals surface area contributed by atoms with Gasteiger partial charge in [-0.15, -0.1) is 0 Å². The van der Waals surface area contributed by atoms with Crippen LogP contribution in [0.2, 0.25) is 0 Å². The van der Waals surface area contributed by atoms with E-state index >= 15 is 0 Å². The summed E-state index contributed by atoms with van der Waals surface area (Å²) in [6, 6.07) is 5.41. The molecule has 2 aromatic rings. The van der Waals surface area contributed by atoms with Crippen molar-refractivity contribution in [3.8, 4) is 11.4 Å². The Bertz CT molecular complexity index is 700. The maximum atomic E-state index is 13.3. The van der Waals surface area contributed by atoms with E-state index in [2.05, 4.69) is 15.5 Å². The molecule has 8 heteroatoms. The van der Waals surface area contributed by atoms with Crippen molar-refractivity contribution in [1.29, 1.82) is 0 Å². The monoisotopic (exact) mass is 353 g/mol. The number of nitrogens with zero attached hydrogens (tertiary/aromatic N) is 2. The van der Waals surface area contributed by atoms with Crippen molar-refractivity contribution >= 4 is 17.9 Å². The van der Waals surface area contributed by atoms with Gasteiger partial charge in [0.25, 0.3) is 5.89 Å². The fourth-order valence-corrected chi connectivity index (χ4v) is 2.47. The summed E-state index contributed by atoms with van der Waals surface area (Å²) < 4.78 is 23.8. The average molecular weight is 353 g/mol. The third-order valence-corrected chi connectivity index (χ3v) is 3.51. The molecule has 0 bridgehead atoms. The SMILES string of the molecule is CSCC(NC(=O)OC(C)(C)C)c1nc(-c2cccc(F)c2)no1. The fraction of sp³-hybridized carbons (Fsp3) is 0.438. The molecule has 2 rings (SSSR count). The number of hydrogen-bond donors (Lipinski definition) is 1. The first-order valence-corrected chi connectivity index (χ1v) is 8.76. The summed E-state index contributed by atoms with van der Waals surface area (Å²) in [4.78, 5) is 16.2. The van der Waals surface area contributed by atoms with Gasteiger partial charge in [-0.3, -0.25) is 0 Å². The molecule has 1 amide bonds. The first-order valence-electron chi connectivity index (χ1n) is 7.36. The van der Waals surface area contributed by atoms with Gasteiger partial charge in [-0.25, -0.2) is 9.18 Å². The van der Waals surface area contributed by atoms with Crippen molar-refractivity contribution in [3.63, 3.8) is 0 Å². The Morgan fingerprint density at radius 3 is 2.83 bits per heavy atom. The zero-order valence-corrected chi connectivity index (χ0v) is 14.8. The predicted octanol–water partition coefficient (Wildman–Crippen LogP) is 3.80. The molecule has 0 aliphatic heterocycles. The topological polar surface area (TPSA) is 77.2 Å². The van der Waals surface area contributed by atoms with Crippen LogP contribution in [0.25, 0.3) is 11.4 Å². The molecule has 0 aliphatic carbocycles. The van der Waals surface area contributed by atoms with Crippen molar-refractivity contribution in [1.82, 2.24) is 15.5 Å². The summed E-state index contributed by atoms with van der Waals surface area (Å²) in [5, 5.41) is 6.57. The molecule has 1 N–H and O–H groups in total. The number of amides is 1. The number of aromatic nitrogens is 2. The number of carbonyl (C=O) groups excluding carboxylic acids is 1. The molecule has 0 fully saturated rings. The van der Waals surface area contributed by atoms with E-state index in [4.69, 9.17) is 9.26 Å². The Balaban J connectivity index is 2.15. The Morgan fingerprint density at radius 2 is 2.21 bits per heavy atom. The van der Waals surface area contributed by atoms with Crippen molar-refractivity contribution < 1.29 is 18.4 Å². The largest absolute Gasteiger partial charge is 0.444 e. The van der Waals surface area contributed by atoms with Gasteiger partial charge >= 0.3 is 6.09 Å². The number of halogens is 1. The molecule has 24 heavy (non-hydrogen) atoms. The first kappa shape index (κ1) is 18.3. The van der Waals surface area contributed by atoms with Crippen LogP contribution in [0.3, 0.4) is 0 Å². The van der Waals surface area contributed by atoms with E-state index < -0.39 is 17.7 Å². The molecule has 0 aliphatic rings. The number of rotatable bonds is 5. The predicted molar refractivity (Wildman–Crippen MR) is 90.2 cm³/mol. The maximum Gasteiger partial charge on any atom is 0.408 e. The number of hydrogen-bond acceptors (Lipinski definition) is 6. The second-order valence-electron chi connectivity index (χ2n) is 6.12. The minimum Gasteiger partial charge on any atom is -0.444 e. The molecule has 1 heterocycles. The molecule has 1 atom stereocenters. The number of thioether (sulfide) groups is 1. The van der Waals surface area contributed by atoms with E-state index in [-0.39, 0.29) is 17.5 Å². The Labute approximate surface area is 144 Å². The van der Waals surface area contributed by atoms with Crippen LogP contribution in [0.5, 0.6) is 0 Å². The molecule has 0 spiro atoms. The van der Waals surface area contributed by atoms with E-state index in [1.807, 2.05) is 6.26 Å². The van der Waals surface area contributed by atoms with Gasteiger partial charge in [0.2, 0.25) is 5.82 Å². The lowest BCUT2D eigenvalue weighted by Gasteiger charge is -2.21. The Morgan fingerprint density at radius 1 is 1.46 bits per heavy atom. The summed E-state index contributed by atoms with van der Waals surface area (Å²) >= 11 is 1.51. The first-order chi connectivity index (χ1) is 11.3. The van der Waals surface area contributed by atoms with Crippen molar-refractivity contribution in [3.05, 3.63) is 36.0 Å². The zero-order chi connectivity index (χ0) is 17.7. The van der Waals surface area contributed by atoms with Gasteiger partial charge in [0.1, 0.15) is 17.5 Å². The van der Waals surface area contributed by atoms with E-state index in [9.17, 15) is 9.18 Å². The van der Waals surface area contributed by atoms with E-state index in [1.54, 1.807) is 32.9 Å². The number of benzene rings is 1. The van der Waals surface area contributed by atoms with Crippen LogP contribution in [-0.2, 0) is 4.74 Å². The third-order valence-electron chi connectivity index (χ3n) is 2.85. The second-order valence-corrected chi connectivity index (χ2v) is 7.03. The molecule has 0 saturated carbocycles. The van der Waals surface area contributed by atoms with Gasteiger partial charge in [-0.05, 0) is 39.2 Å². The highest BCUT2D eigenvalue weighted by Crippen LogP contribution is 2.22. The number of ether oxygens (including phenoxy) is 1. The normalized spacial score (nSPS) is 12.7. The highest BCUT2D eigenvalue weighted by Gasteiger charge is 2.24.